The van der Waals surface area contributed by atoms with Gasteiger partial charge in [0.05, 0.1) is 17.4 Å². The van der Waals surface area contributed by atoms with Crippen LogP contribution in [0.1, 0.15) is 0 Å². The summed E-state index contributed by atoms with van der Waals surface area (Å²) in [6.07, 6.45) is 1.26. The number of hydrogen-bond acceptors (Lipinski definition) is 1. The van der Waals surface area contributed by atoms with Crippen LogP contribution in [0.5, 0.6) is 0 Å². The highest BCUT2D eigenvalue weighted by Crippen LogP contribution is 3.02. The van der Waals surface area contributed by atoms with Gasteiger partial charge in [-0.3, -0.25) is 0 Å². The molecule has 0 aliphatic heterocycles. The van der Waals surface area contributed by atoms with Crippen molar-refractivity contribution in [1.82, 2.24) is 9.55 Å². The third kappa shape index (κ3) is 1.84. The van der Waals surface area contributed by atoms with Crippen LogP contribution < -0.4 is 0 Å². The van der Waals surface area contributed by atoms with E-state index in [-0.39, 0.29) is 5.52 Å². The fourth-order valence-corrected chi connectivity index (χ4v) is 2.02. The second-order valence-electron chi connectivity index (χ2n) is 3.47. The van der Waals surface area contributed by atoms with E-state index in [2.05, 4.69) is 4.98 Å². The van der Waals surface area contributed by atoms with Crippen molar-refractivity contribution in [1.29, 1.82) is 0 Å². The summed E-state index contributed by atoms with van der Waals surface area (Å²) >= 11 is 0. The van der Waals surface area contributed by atoms with E-state index in [1.807, 2.05) is 0 Å². The van der Waals surface area contributed by atoms with Gasteiger partial charge in [-0.1, -0.05) is 19.4 Å². The highest BCUT2D eigenvalue weighted by Gasteiger charge is 2.65. The third-order valence-corrected chi connectivity index (χ3v) is 3.29. The molecule has 0 aliphatic rings. The summed E-state index contributed by atoms with van der Waals surface area (Å²) in [4.78, 5) is 1.69. The zero-order chi connectivity index (χ0) is 12.3. The fraction of sp³-hybridized carbons (Fsp3) is 0.125. The maximum Gasteiger partial charge on any atom is 0.310 e. The summed E-state index contributed by atoms with van der Waals surface area (Å²) in [5.41, 5.74) is 0.263. The first-order chi connectivity index (χ1) is 6.97. The number of benzene rings is 1. The summed E-state index contributed by atoms with van der Waals surface area (Å²) in [5, 5.41) is 0. The first-order valence-corrected chi connectivity index (χ1v) is 6.08. The summed E-state index contributed by atoms with van der Waals surface area (Å²) in [6.45, 7) is 0. The van der Waals surface area contributed by atoms with Gasteiger partial charge in [-0.05, 0) is 18.2 Å². The molecule has 16 heavy (non-hydrogen) atoms. The van der Waals surface area contributed by atoms with Crippen LogP contribution in [0.15, 0.2) is 29.4 Å². The minimum absolute atomic E-state index is 0.103. The molecule has 1 aromatic heterocycles. The number of hydrogen-bond donors (Lipinski definition) is 0. The largest absolute Gasteiger partial charge is 0.334 e. The molecule has 0 aliphatic carbocycles. The lowest BCUT2D eigenvalue weighted by molar-refractivity contribution is 0.364. The van der Waals surface area contributed by atoms with Crippen molar-refractivity contribution in [2.45, 2.75) is 4.90 Å². The molecule has 1 heterocycles. The summed E-state index contributed by atoms with van der Waals surface area (Å²) in [7, 11) is -8.03. The van der Waals surface area contributed by atoms with E-state index in [9.17, 15) is 19.4 Å². The molecule has 2 rings (SSSR count). The van der Waals surface area contributed by atoms with Gasteiger partial charge in [0.2, 0.25) is 0 Å². The monoisotopic (exact) mass is 258 g/mol. The Labute approximate surface area is 87.4 Å². The van der Waals surface area contributed by atoms with Gasteiger partial charge in [-0.2, -0.15) is 0 Å². The van der Waals surface area contributed by atoms with Crippen molar-refractivity contribution in [2.24, 2.45) is 7.05 Å². The molecule has 0 amide bonds. The Morgan fingerprint density at radius 1 is 1.12 bits per heavy atom. The van der Waals surface area contributed by atoms with E-state index >= 15 is 0 Å². The molecular formula is C8H7F5N2S. The lowest BCUT2D eigenvalue weighted by Crippen LogP contribution is -2.05. The highest BCUT2D eigenvalue weighted by molar-refractivity contribution is 8.45. The van der Waals surface area contributed by atoms with Gasteiger partial charge in [0.15, 0.2) is 0 Å². The lowest BCUT2D eigenvalue weighted by atomic mass is 10.3. The summed E-state index contributed by atoms with van der Waals surface area (Å²) < 4.78 is 63.7. The fourth-order valence-electron chi connectivity index (χ4n) is 1.36. The van der Waals surface area contributed by atoms with Gasteiger partial charge in [0.25, 0.3) is 0 Å². The molecule has 0 bridgehead atoms. The maximum absolute atomic E-state index is 12.4. The number of fused-ring (bicyclic) bond motifs is 1. The van der Waals surface area contributed by atoms with Crippen molar-refractivity contribution >= 4 is 21.3 Å². The van der Waals surface area contributed by atoms with Crippen LogP contribution >= 0.6 is 10.2 Å². The van der Waals surface area contributed by atoms with Crippen LogP contribution in [0.25, 0.3) is 11.0 Å². The number of aromatic nitrogens is 2. The molecule has 0 atom stereocenters. The smallest absolute Gasteiger partial charge is 0.310 e. The van der Waals surface area contributed by atoms with Crippen molar-refractivity contribution in [3.63, 3.8) is 0 Å². The molecule has 2 nitrogen and oxygen atoms in total. The Balaban J connectivity index is 2.75. The SMILES string of the molecule is Cn1cnc2cc(S(F)(F)(F)(F)F)ccc21. The standard InChI is InChI=1S/C8H7F5N2S/c1-15-5-14-7-4-6(2-3-8(7)15)16(9,10,11,12)13/h2-5H,1H3. The summed E-state index contributed by atoms with van der Waals surface area (Å²) in [5.74, 6) is 0. The van der Waals surface area contributed by atoms with Crippen LogP contribution in [0.2, 0.25) is 0 Å². The van der Waals surface area contributed by atoms with Crippen molar-refractivity contribution in [2.75, 3.05) is 0 Å². The van der Waals surface area contributed by atoms with Gasteiger partial charge in [0, 0.05) is 7.05 Å². The topological polar surface area (TPSA) is 17.8 Å². The Bertz CT molecular complexity index is 571. The molecule has 0 unspecified atom stereocenters. The van der Waals surface area contributed by atoms with Crippen LogP contribution in [0.3, 0.4) is 0 Å². The second kappa shape index (κ2) is 2.34. The average Bonchev–Trinajstić information content (AvgIpc) is 2.44. The van der Waals surface area contributed by atoms with Crippen LogP contribution in [0.4, 0.5) is 19.4 Å². The number of nitrogens with zero attached hydrogens (tertiary/aromatic N) is 2. The predicted octanol–water partition coefficient (Wildman–Crippen LogP) is 4.23. The molecule has 0 fully saturated rings. The molecule has 0 spiro atoms. The van der Waals surface area contributed by atoms with E-state index in [1.165, 1.54) is 10.9 Å². The van der Waals surface area contributed by atoms with Gasteiger partial charge in [-0.15, -0.1) is 0 Å². The maximum atomic E-state index is 12.4. The summed E-state index contributed by atoms with van der Waals surface area (Å²) in [6, 6.07) is 1.73. The Kier molecular flexibility index (Phi) is 1.64. The Morgan fingerprint density at radius 3 is 2.31 bits per heavy atom. The first kappa shape index (κ1) is 11.2. The van der Waals surface area contributed by atoms with Gasteiger partial charge in [-0.25, -0.2) is 4.98 Å². The van der Waals surface area contributed by atoms with Crippen LogP contribution in [0, 0.1) is 0 Å². The number of imidazole rings is 1. The van der Waals surface area contributed by atoms with Gasteiger partial charge >= 0.3 is 10.2 Å². The highest BCUT2D eigenvalue weighted by atomic mass is 32.5. The molecule has 0 saturated heterocycles. The number of aryl methyl sites for hydroxylation is 1. The predicted molar refractivity (Wildman–Crippen MR) is 52.1 cm³/mol. The molecule has 0 saturated carbocycles. The minimum Gasteiger partial charge on any atom is -0.334 e. The Morgan fingerprint density at radius 2 is 1.75 bits per heavy atom. The average molecular weight is 258 g/mol. The zero-order valence-corrected chi connectivity index (χ0v) is 8.82. The first-order valence-electron chi connectivity index (χ1n) is 4.12. The van der Waals surface area contributed by atoms with Crippen LogP contribution in [-0.2, 0) is 7.05 Å². The van der Waals surface area contributed by atoms with Crippen molar-refractivity contribution in [3.8, 4) is 0 Å². The minimum atomic E-state index is -9.59. The molecule has 0 radical (unpaired) electrons. The molecule has 2 aromatic rings. The molecule has 90 valence electrons. The second-order valence-corrected chi connectivity index (χ2v) is 5.88. The molecular weight excluding hydrogens is 251 g/mol. The lowest BCUT2D eigenvalue weighted by Gasteiger charge is -2.40. The quantitative estimate of drug-likeness (QED) is 0.700. The van der Waals surface area contributed by atoms with Crippen molar-refractivity contribution in [3.05, 3.63) is 24.5 Å². The van der Waals surface area contributed by atoms with Crippen molar-refractivity contribution < 1.29 is 19.4 Å². The van der Waals surface area contributed by atoms with Crippen LogP contribution in [-0.4, -0.2) is 9.55 Å². The third-order valence-electron chi connectivity index (χ3n) is 2.14. The Hall–Kier alpha value is -1.31. The van der Waals surface area contributed by atoms with E-state index in [0.29, 0.717) is 17.6 Å². The molecule has 8 heteroatoms. The van der Waals surface area contributed by atoms with E-state index in [4.69, 9.17) is 0 Å². The number of halogens is 5. The van der Waals surface area contributed by atoms with Gasteiger partial charge < -0.3 is 4.57 Å². The molecule has 0 N–H and O–H groups in total. The molecule has 1 aromatic carbocycles. The van der Waals surface area contributed by atoms with E-state index < -0.39 is 15.1 Å². The normalized spacial score (nSPS) is 17.1. The zero-order valence-electron chi connectivity index (χ0n) is 8.00. The van der Waals surface area contributed by atoms with E-state index in [1.54, 1.807) is 7.05 Å². The van der Waals surface area contributed by atoms with Gasteiger partial charge in [0.1, 0.15) is 4.90 Å². The number of rotatable bonds is 1. The van der Waals surface area contributed by atoms with E-state index in [0.717, 1.165) is 6.07 Å².